The molecular formula is C17H16BrNO3. The van der Waals surface area contributed by atoms with Gasteiger partial charge in [0, 0.05) is 17.4 Å². The lowest BCUT2D eigenvalue weighted by Gasteiger charge is -2.34. The summed E-state index contributed by atoms with van der Waals surface area (Å²) < 4.78 is 11.1. The van der Waals surface area contributed by atoms with Crippen LogP contribution >= 0.6 is 15.9 Å². The zero-order valence-electron chi connectivity index (χ0n) is 12.2. The van der Waals surface area contributed by atoms with Crippen molar-refractivity contribution in [3.8, 4) is 11.5 Å². The average Bonchev–Trinajstić information content (AvgIpc) is 2.57. The molecule has 0 radical (unpaired) electrons. The van der Waals surface area contributed by atoms with Gasteiger partial charge in [0.05, 0.1) is 12.8 Å². The summed E-state index contributed by atoms with van der Waals surface area (Å²) >= 11 is 3.41. The van der Waals surface area contributed by atoms with Gasteiger partial charge in [-0.1, -0.05) is 40.2 Å². The third-order valence-electron chi connectivity index (χ3n) is 3.62. The van der Waals surface area contributed by atoms with E-state index >= 15 is 0 Å². The number of hydrogen-bond donors (Lipinski definition) is 0. The molecule has 1 unspecified atom stereocenters. The van der Waals surface area contributed by atoms with Crippen LogP contribution in [0, 0.1) is 0 Å². The highest BCUT2D eigenvalue weighted by Crippen LogP contribution is 2.38. The van der Waals surface area contributed by atoms with Crippen LogP contribution in [0.5, 0.6) is 11.5 Å². The summed E-state index contributed by atoms with van der Waals surface area (Å²) in [6.45, 7) is 0.603. The second-order valence-electron chi connectivity index (χ2n) is 4.92. The number of nitrogens with zero attached hydrogens (tertiary/aromatic N) is 1. The van der Waals surface area contributed by atoms with Crippen LogP contribution in [0.1, 0.15) is 11.7 Å². The molecule has 1 heterocycles. The van der Waals surface area contributed by atoms with Crippen molar-refractivity contribution < 1.29 is 14.3 Å². The maximum absolute atomic E-state index is 12.8. The first-order chi connectivity index (χ1) is 10.7. The van der Waals surface area contributed by atoms with Gasteiger partial charge in [-0.3, -0.25) is 4.79 Å². The van der Waals surface area contributed by atoms with Gasteiger partial charge < -0.3 is 14.4 Å². The minimum Gasteiger partial charge on any atom is -0.497 e. The van der Waals surface area contributed by atoms with Crippen LogP contribution in [0.25, 0.3) is 0 Å². The van der Waals surface area contributed by atoms with Gasteiger partial charge in [-0.05, 0) is 24.3 Å². The standard InChI is InChI=1S/C17H16BrNO3/c1-21-13-8-6-12(7-9-13)16-17(20)19(11-10-18)14-4-2-3-5-15(14)22-16/h2-9,16H,10-11H2,1H3. The van der Waals surface area contributed by atoms with Crippen LogP contribution in [0.3, 0.4) is 0 Å². The Morgan fingerprint density at radius 2 is 1.91 bits per heavy atom. The number of ether oxygens (including phenoxy) is 2. The monoisotopic (exact) mass is 361 g/mol. The normalized spacial score (nSPS) is 16.9. The van der Waals surface area contributed by atoms with Gasteiger partial charge in [0.2, 0.25) is 6.10 Å². The molecule has 0 fully saturated rings. The Bertz CT molecular complexity index is 672. The first-order valence-electron chi connectivity index (χ1n) is 7.01. The van der Waals surface area contributed by atoms with Gasteiger partial charge >= 0.3 is 0 Å². The molecule has 0 spiro atoms. The molecule has 0 saturated heterocycles. The van der Waals surface area contributed by atoms with Crippen molar-refractivity contribution in [3.05, 3.63) is 54.1 Å². The summed E-state index contributed by atoms with van der Waals surface area (Å²) in [6, 6.07) is 15.0. The zero-order chi connectivity index (χ0) is 15.5. The van der Waals surface area contributed by atoms with Crippen molar-refractivity contribution in [2.45, 2.75) is 6.10 Å². The second kappa shape index (κ2) is 6.40. The molecule has 22 heavy (non-hydrogen) atoms. The number of anilines is 1. The first kappa shape index (κ1) is 14.9. The van der Waals surface area contributed by atoms with E-state index in [1.165, 1.54) is 0 Å². The third kappa shape index (κ3) is 2.68. The summed E-state index contributed by atoms with van der Waals surface area (Å²) in [6.07, 6.45) is -0.625. The lowest BCUT2D eigenvalue weighted by molar-refractivity contribution is -0.126. The fourth-order valence-corrected chi connectivity index (χ4v) is 2.88. The lowest BCUT2D eigenvalue weighted by Crippen LogP contribution is -2.42. The van der Waals surface area contributed by atoms with Crippen molar-refractivity contribution in [1.29, 1.82) is 0 Å². The largest absolute Gasteiger partial charge is 0.497 e. The van der Waals surface area contributed by atoms with Gasteiger partial charge in [-0.25, -0.2) is 0 Å². The van der Waals surface area contributed by atoms with Gasteiger partial charge in [0.1, 0.15) is 11.5 Å². The van der Waals surface area contributed by atoms with Gasteiger partial charge in [-0.2, -0.15) is 0 Å². The number of carbonyl (C=O) groups excluding carboxylic acids is 1. The molecule has 1 aliphatic rings. The Labute approximate surface area is 137 Å². The molecule has 2 aromatic carbocycles. The van der Waals surface area contributed by atoms with E-state index in [4.69, 9.17) is 9.47 Å². The van der Waals surface area contributed by atoms with E-state index in [2.05, 4.69) is 15.9 Å². The van der Waals surface area contributed by atoms with Gasteiger partial charge in [0.25, 0.3) is 5.91 Å². The highest BCUT2D eigenvalue weighted by molar-refractivity contribution is 9.09. The Hall–Kier alpha value is -2.01. The van der Waals surface area contributed by atoms with Crippen LogP contribution in [0.4, 0.5) is 5.69 Å². The van der Waals surface area contributed by atoms with Crippen molar-refractivity contribution in [1.82, 2.24) is 0 Å². The molecule has 0 saturated carbocycles. The molecule has 1 amide bonds. The molecule has 0 bridgehead atoms. The Kier molecular flexibility index (Phi) is 4.34. The zero-order valence-corrected chi connectivity index (χ0v) is 13.7. The van der Waals surface area contributed by atoms with Gasteiger partial charge in [0.15, 0.2) is 0 Å². The molecule has 114 valence electrons. The van der Waals surface area contributed by atoms with E-state index in [1.54, 1.807) is 12.0 Å². The number of amides is 1. The molecule has 3 rings (SSSR count). The maximum Gasteiger partial charge on any atom is 0.272 e. The minimum absolute atomic E-state index is 0.0525. The van der Waals surface area contributed by atoms with Crippen LogP contribution in [0.2, 0.25) is 0 Å². The number of para-hydroxylation sites is 2. The summed E-state index contributed by atoms with van der Waals surface area (Å²) in [7, 11) is 1.62. The van der Waals surface area contributed by atoms with E-state index in [9.17, 15) is 4.79 Å². The summed E-state index contributed by atoms with van der Waals surface area (Å²) in [5, 5.41) is 0.711. The predicted octanol–water partition coefficient (Wildman–Crippen LogP) is 3.56. The highest BCUT2D eigenvalue weighted by atomic mass is 79.9. The number of hydrogen-bond acceptors (Lipinski definition) is 3. The third-order valence-corrected chi connectivity index (χ3v) is 3.97. The fourth-order valence-electron chi connectivity index (χ4n) is 2.52. The molecule has 1 aliphatic heterocycles. The van der Waals surface area contributed by atoms with E-state index < -0.39 is 6.10 Å². The Morgan fingerprint density at radius 3 is 2.59 bits per heavy atom. The van der Waals surface area contributed by atoms with Crippen molar-refractivity contribution in [3.63, 3.8) is 0 Å². The average molecular weight is 362 g/mol. The SMILES string of the molecule is COc1ccc(C2Oc3ccccc3N(CCBr)C2=O)cc1. The molecule has 2 aromatic rings. The molecule has 5 heteroatoms. The van der Waals surface area contributed by atoms with Crippen LogP contribution in [-0.4, -0.2) is 24.9 Å². The smallest absolute Gasteiger partial charge is 0.272 e. The summed E-state index contributed by atoms with van der Waals surface area (Å²) in [5.74, 6) is 1.43. The van der Waals surface area contributed by atoms with E-state index in [0.29, 0.717) is 11.9 Å². The molecule has 1 atom stereocenters. The Balaban J connectivity index is 1.97. The predicted molar refractivity (Wildman–Crippen MR) is 89.0 cm³/mol. The molecule has 0 N–H and O–H groups in total. The number of fused-ring (bicyclic) bond motifs is 1. The fraction of sp³-hybridized carbons (Fsp3) is 0.235. The number of halogens is 1. The minimum atomic E-state index is -0.625. The Morgan fingerprint density at radius 1 is 1.18 bits per heavy atom. The van der Waals surface area contributed by atoms with Crippen LogP contribution in [-0.2, 0) is 4.79 Å². The summed E-state index contributed by atoms with van der Waals surface area (Å²) in [5.41, 5.74) is 1.64. The number of rotatable bonds is 4. The lowest BCUT2D eigenvalue weighted by atomic mass is 10.1. The van der Waals surface area contributed by atoms with Crippen molar-refractivity contribution in [2.24, 2.45) is 0 Å². The van der Waals surface area contributed by atoms with E-state index in [0.717, 1.165) is 22.7 Å². The van der Waals surface area contributed by atoms with Crippen molar-refractivity contribution >= 4 is 27.5 Å². The van der Waals surface area contributed by atoms with E-state index in [1.807, 2.05) is 48.5 Å². The molecule has 4 nitrogen and oxygen atoms in total. The number of methoxy groups -OCH3 is 1. The van der Waals surface area contributed by atoms with Crippen molar-refractivity contribution in [2.75, 3.05) is 23.9 Å². The topological polar surface area (TPSA) is 38.8 Å². The number of alkyl halides is 1. The number of carbonyl (C=O) groups is 1. The summed E-state index contributed by atoms with van der Waals surface area (Å²) in [4.78, 5) is 14.5. The highest BCUT2D eigenvalue weighted by Gasteiger charge is 2.34. The molecule has 0 aliphatic carbocycles. The van der Waals surface area contributed by atoms with Crippen LogP contribution < -0.4 is 14.4 Å². The van der Waals surface area contributed by atoms with Crippen LogP contribution in [0.15, 0.2) is 48.5 Å². The number of benzene rings is 2. The quantitative estimate of drug-likeness (QED) is 0.781. The molecule has 0 aromatic heterocycles. The second-order valence-corrected chi connectivity index (χ2v) is 5.71. The molecular weight excluding hydrogens is 346 g/mol. The first-order valence-corrected chi connectivity index (χ1v) is 8.13. The van der Waals surface area contributed by atoms with E-state index in [-0.39, 0.29) is 5.91 Å². The van der Waals surface area contributed by atoms with Gasteiger partial charge in [-0.15, -0.1) is 0 Å². The maximum atomic E-state index is 12.8.